The molecule has 0 aliphatic carbocycles. The van der Waals surface area contributed by atoms with Crippen molar-refractivity contribution in [2.45, 2.75) is 39.0 Å². The SMILES string of the molecule is Cc1ccc(SCCNC(=O)CCS(=O)(=O)CC(C)C)cc1C. The van der Waals surface area contributed by atoms with Gasteiger partial charge < -0.3 is 5.32 Å². The van der Waals surface area contributed by atoms with Crippen molar-refractivity contribution in [3.05, 3.63) is 29.3 Å². The van der Waals surface area contributed by atoms with Gasteiger partial charge in [0.25, 0.3) is 0 Å². The summed E-state index contributed by atoms with van der Waals surface area (Å²) in [5.41, 5.74) is 2.53. The number of amides is 1. The van der Waals surface area contributed by atoms with E-state index in [1.807, 2.05) is 13.8 Å². The highest BCUT2D eigenvalue weighted by molar-refractivity contribution is 7.99. The number of rotatable bonds is 9. The van der Waals surface area contributed by atoms with E-state index in [-0.39, 0.29) is 29.8 Å². The first-order valence-electron chi connectivity index (χ1n) is 7.87. The zero-order chi connectivity index (χ0) is 17.5. The summed E-state index contributed by atoms with van der Waals surface area (Å²) in [4.78, 5) is 12.9. The van der Waals surface area contributed by atoms with E-state index in [4.69, 9.17) is 0 Å². The normalized spacial score (nSPS) is 11.7. The van der Waals surface area contributed by atoms with Gasteiger partial charge in [-0.1, -0.05) is 19.9 Å². The Kier molecular flexibility index (Phi) is 8.12. The third kappa shape index (κ3) is 8.42. The van der Waals surface area contributed by atoms with Gasteiger partial charge in [-0.25, -0.2) is 8.42 Å². The molecule has 1 aromatic carbocycles. The predicted molar refractivity (Wildman–Crippen MR) is 97.8 cm³/mol. The summed E-state index contributed by atoms with van der Waals surface area (Å²) >= 11 is 1.68. The van der Waals surface area contributed by atoms with E-state index in [0.29, 0.717) is 6.54 Å². The number of sulfone groups is 1. The first-order valence-corrected chi connectivity index (χ1v) is 10.7. The van der Waals surface area contributed by atoms with Gasteiger partial charge in [-0.2, -0.15) is 0 Å². The van der Waals surface area contributed by atoms with E-state index >= 15 is 0 Å². The molecule has 0 spiro atoms. The van der Waals surface area contributed by atoms with Crippen molar-refractivity contribution < 1.29 is 13.2 Å². The van der Waals surface area contributed by atoms with Crippen LogP contribution in [0.1, 0.15) is 31.4 Å². The number of hydrogen-bond donors (Lipinski definition) is 1. The Bertz CT molecular complexity index is 625. The molecule has 1 amide bonds. The number of benzene rings is 1. The highest BCUT2D eigenvalue weighted by atomic mass is 32.2. The number of thioether (sulfide) groups is 1. The molecule has 0 heterocycles. The molecule has 130 valence electrons. The number of carbonyl (C=O) groups is 1. The first kappa shape index (κ1) is 20.0. The second-order valence-corrected chi connectivity index (χ2v) is 9.60. The molecule has 0 aliphatic heterocycles. The van der Waals surface area contributed by atoms with Gasteiger partial charge >= 0.3 is 0 Å². The van der Waals surface area contributed by atoms with Crippen molar-refractivity contribution in [3.63, 3.8) is 0 Å². The van der Waals surface area contributed by atoms with Crippen molar-refractivity contribution >= 4 is 27.5 Å². The molecule has 0 radical (unpaired) electrons. The van der Waals surface area contributed by atoms with Crippen LogP contribution in [0.25, 0.3) is 0 Å². The molecule has 0 aliphatic rings. The Labute approximate surface area is 144 Å². The lowest BCUT2D eigenvalue weighted by Gasteiger charge is -2.08. The maximum Gasteiger partial charge on any atom is 0.221 e. The maximum atomic E-state index is 11.7. The number of hydrogen-bond acceptors (Lipinski definition) is 4. The van der Waals surface area contributed by atoms with Gasteiger partial charge in [0.15, 0.2) is 9.84 Å². The Balaban J connectivity index is 2.25. The second-order valence-electron chi connectivity index (χ2n) is 6.20. The minimum absolute atomic E-state index is 0.0450. The van der Waals surface area contributed by atoms with Crippen molar-refractivity contribution in [2.75, 3.05) is 23.8 Å². The third-order valence-corrected chi connectivity index (χ3v) is 6.39. The van der Waals surface area contributed by atoms with E-state index in [9.17, 15) is 13.2 Å². The van der Waals surface area contributed by atoms with Crippen LogP contribution in [0.5, 0.6) is 0 Å². The smallest absolute Gasteiger partial charge is 0.221 e. The lowest BCUT2D eigenvalue weighted by molar-refractivity contribution is -0.120. The Morgan fingerprint density at radius 2 is 1.91 bits per heavy atom. The number of nitrogens with one attached hydrogen (secondary N) is 1. The standard InChI is InChI=1S/C17H27NO3S2/c1-13(2)12-23(20,21)10-7-17(19)18-8-9-22-16-6-5-14(3)15(4)11-16/h5-6,11,13H,7-10,12H2,1-4H3,(H,18,19). The zero-order valence-electron chi connectivity index (χ0n) is 14.4. The highest BCUT2D eigenvalue weighted by Crippen LogP contribution is 2.20. The molecular formula is C17H27NO3S2. The van der Waals surface area contributed by atoms with Gasteiger partial charge in [0.1, 0.15) is 0 Å². The summed E-state index contributed by atoms with van der Waals surface area (Å²) < 4.78 is 23.5. The summed E-state index contributed by atoms with van der Waals surface area (Å²) in [6.07, 6.45) is 0.0450. The van der Waals surface area contributed by atoms with E-state index in [1.165, 1.54) is 16.0 Å². The average Bonchev–Trinajstić information content (AvgIpc) is 2.44. The fourth-order valence-electron chi connectivity index (χ4n) is 2.09. The van der Waals surface area contributed by atoms with Crippen LogP contribution in [0.4, 0.5) is 0 Å². The molecule has 1 rings (SSSR count). The summed E-state index contributed by atoms with van der Waals surface area (Å²) in [5.74, 6) is 0.743. The number of aryl methyl sites for hydroxylation is 2. The van der Waals surface area contributed by atoms with Gasteiger partial charge in [0, 0.05) is 23.6 Å². The second kappa shape index (κ2) is 9.33. The van der Waals surface area contributed by atoms with Crippen LogP contribution in [0.2, 0.25) is 0 Å². The average molecular weight is 358 g/mol. The minimum Gasteiger partial charge on any atom is -0.355 e. The highest BCUT2D eigenvalue weighted by Gasteiger charge is 2.15. The Morgan fingerprint density at radius 1 is 1.22 bits per heavy atom. The fraction of sp³-hybridized carbons (Fsp3) is 0.588. The third-order valence-electron chi connectivity index (χ3n) is 3.40. The summed E-state index contributed by atoms with van der Waals surface area (Å²) in [5, 5.41) is 2.78. The van der Waals surface area contributed by atoms with Crippen LogP contribution in [0, 0.1) is 19.8 Å². The largest absolute Gasteiger partial charge is 0.355 e. The lowest BCUT2D eigenvalue weighted by Crippen LogP contribution is -2.28. The van der Waals surface area contributed by atoms with E-state index in [1.54, 1.807) is 11.8 Å². The zero-order valence-corrected chi connectivity index (χ0v) is 16.0. The quantitative estimate of drug-likeness (QED) is 0.545. The van der Waals surface area contributed by atoms with E-state index in [0.717, 1.165) is 5.75 Å². The minimum atomic E-state index is -3.12. The Morgan fingerprint density at radius 3 is 2.52 bits per heavy atom. The molecule has 0 fully saturated rings. The van der Waals surface area contributed by atoms with Crippen LogP contribution in [0.3, 0.4) is 0 Å². The molecule has 1 aromatic rings. The molecule has 4 nitrogen and oxygen atoms in total. The monoisotopic (exact) mass is 357 g/mol. The molecule has 23 heavy (non-hydrogen) atoms. The molecule has 0 aromatic heterocycles. The summed E-state index contributed by atoms with van der Waals surface area (Å²) in [6.45, 7) is 8.43. The van der Waals surface area contributed by atoms with E-state index < -0.39 is 9.84 Å². The van der Waals surface area contributed by atoms with Crippen LogP contribution < -0.4 is 5.32 Å². The summed E-state index contributed by atoms with van der Waals surface area (Å²) in [6, 6.07) is 6.31. The molecule has 6 heteroatoms. The summed E-state index contributed by atoms with van der Waals surface area (Å²) in [7, 11) is -3.12. The Hall–Kier alpha value is -1.01. The van der Waals surface area contributed by atoms with Gasteiger partial charge in [-0.05, 0) is 43.0 Å². The molecule has 0 unspecified atom stereocenters. The van der Waals surface area contributed by atoms with Gasteiger partial charge in [0.2, 0.25) is 5.91 Å². The van der Waals surface area contributed by atoms with Crippen molar-refractivity contribution in [3.8, 4) is 0 Å². The van der Waals surface area contributed by atoms with Crippen LogP contribution >= 0.6 is 11.8 Å². The van der Waals surface area contributed by atoms with Crippen LogP contribution in [-0.4, -0.2) is 38.1 Å². The topological polar surface area (TPSA) is 63.2 Å². The van der Waals surface area contributed by atoms with Gasteiger partial charge in [-0.15, -0.1) is 11.8 Å². The molecule has 0 bridgehead atoms. The maximum absolute atomic E-state index is 11.7. The first-order chi connectivity index (χ1) is 10.7. The van der Waals surface area contributed by atoms with Gasteiger partial charge in [-0.3, -0.25) is 4.79 Å². The van der Waals surface area contributed by atoms with Gasteiger partial charge in [0.05, 0.1) is 11.5 Å². The van der Waals surface area contributed by atoms with Crippen LogP contribution in [-0.2, 0) is 14.6 Å². The van der Waals surface area contributed by atoms with Crippen LogP contribution in [0.15, 0.2) is 23.1 Å². The molecule has 1 N–H and O–H groups in total. The molecule has 0 saturated carbocycles. The predicted octanol–water partition coefficient (Wildman–Crippen LogP) is 2.97. The molecule has 0 saturated heterocycles. The lowest BCUT2D eigenvalue weighted by atomic mass is 10.1. The molecule has 0 atom stereocenters. The number of carbonyl (C=O) groups excluding carboxylic acids is 1. The molecular weight excluding hydrogens is 330 g/mol. The van der Waals surface area contributed by atoms with Crippen molar-refractivity contribution in [1.82, 2.24) is 5.32 Å². The fourth-order valence-corrected chi connectivity index (χ4v) is 4.63. The van der Waals surface area contributed by atoms with E-state index in [2.05, 4.69) is 37.4 Å². The van der Waals surface area contributed by atoms with Crippen molar-refractivity contribution in [2.24, 2.45) is 5.92 Å². The van der Waals surface area contributed by atoms with Crippen molar-refractivity contribution in [1.29, 1.82) is 0 Å².